The smallest absolute Gasteiger partial charge is 0.263 e. The third kappa shape index (κ3) is 3.17. The SMILES string of the molecule is COCc1noc([C@@H]2CC(F)(F)CN2S(=O)(=O)c2ccccc2)n1. The van der Waals surface area contributed by atoms with Crippen molar-refractivity contribution in [3.8, 4) is 0 Å². The summed E-state index contributed by atoms with van der Waals surface area (Å²) >= 11 is 0. The first kappa shape index (κ1) is 16.9. The highest BCUT2D eigenvalue weighted by Gasteiger charge is 2.52. The molecule has 0 aliphatic carbocycles. The van der Waals surface area contributed by atoms with Crippen molar-refractivity contribution in [3.05, 3.63) is 42.0 Å². The predicted octanol–water partition coefficient (Wildman–Crippen LogP) is 1.99. The highest BCUT2D eigenvalue weighted by Crippen LogP contribution is 2.43. The number of ether oxygens (including phenoxy) is 1. The summed E-state index contributed by atoms with van der Waals surface area (Å²) in [6.45, 7) is -0.894. The van der Waals surface area contributed by atoms with Crippen molar-refractivity contribution in [1.29, 1.82) is 0 Å². The Balaban J connectivity index is 1.97. The number of alkyl halides is 2. The molecule has 1 aromatic heterocycles. The number of nitrogens with zero attached hydrogens (tertiary/aromatic N) is 3. The van der Waals surface area contributed by atoms with Gasteiger partial charge >= 0.3 is 0 Å². The zero-order valence-corrected chi connectivity index (χ0v) is 13.5. The van der Waals surface area contributed by atoms with Crippen molar-refractivity contribution in [2.45, 2.75) is 29.9 Å². The molecule has 2 aromatic rings. The van der Waals surface area contributed by atoms with Gasteiger partial charge in [-0.25, -0.2) is 17.2 Å². The van der Waals surface area contributed by atoms with Crippen LogP contribution in [0.3, 0.4) is 0 Å². The molecule has 0 spiro atoms. The second kappa shape index (κ2) is 6.19. The van der Waals surface area contributed by atoms with E-state index in [1.54, 1.807) is 6.07 Å². The van der Waals surface area contributed by atoms with E-state index in [4.69, 9.17) is 9.26 Å². The summed E-state index contributed by atoms with van der Waals surface area (Å²) in [6, 6.07) is 6.19. The van der Waals surface area contributed by atoms with Crippen molar-refractivity contribution >= 4 is 10.0 Å². The molecule has 0 N–H and O–H groups in total. The molecule has 0 saturated carbocycles. The summed E-state index contributed by atoms with van der Waals surface area (Å²) in [4.78, 5) is 3.90. The van der Waals surface area contributed by atoms with E-state index in [0.29, 0.717) is 4.31 Å². The molecule has 3 rings (SSSR count). The Hall–Kier alpha value is -1.91. The van der Waals surface area contributed by atoms with Crippen molar-refractivity contribution in [2.75, 3.05) is 13.7 Å². The van der Waals surface area contributed by atoms with E-state index in [0.717, 1.165) is 0 Å². The van der Waals surface area contributed by atoms with Gasteiger partial charge in [0.2, 0.25) is 15.9 Å². The molecule has 7 nitrogen and oxygen atoms in total. The van der Waals surface area contributed by atoms with Crippen LogP contribution in [0.4, 0.5) is 8.78 Å². The number of benzene rings is 1. The molecule has 0 amide bonds. The summed E-state index contributed by atoms with van der Waals surface area (Å²) in [5.74, 6) is -3.18. The van der Waals surface area contributed by atoms with Crippen LogP contribution >= 0.6 is 0 Å². The number of sulfonamides is 1. The van der Waals surface area contributed by atoms with Crippen LogP contribution < -0.4 is 0 Å². The van der Waals surface area contributed by atoms with Gasteiger partial charge in [0.1, 0.15) is 12.6 Å². The first-order chi connectivity index (χ1) is 11.3. The van der Waals surface area contributed by atoms with Gasteiger partial charge in [-0.1, -0.05) is 23.4 Å². The lowest BCUT2D eigenvalue weighted by Gasteiger charge is -2.20. The van der Waals surface area contributed by atoms with E-state index in [9.17, 15) is 17.2 Å². The molecule has 24 heavy (non-hydrogen) atoms. The largest absolute Gasteiger partial charge is 0.377 e. The number of halogens is 2. The second-order valence-electron chi connectivity index (χ2n) is 5.42. The summed E-state index contributed by atoms with van der Waals surface area (Å²) < 4.78 is 63.8. The predicted molar refractivity (Wildman–Crippen MR) is 77.6 cm³/mol. The average Bonchev–Trinajstić information content (AvgIpc) is 3.13. The molecule has 1 aliphatic rings. The van der Waals surface area contributed by atoms with E-state index >= 15 is 0 Å². The maximum atomic E-state index is 13.9. The van der Waals surface area contributed by atoms with E-state index in [-0.39, 0.29) is 23.2 Å². The summed E-state index contributed by atoms with van der Waals surface area (Å²) in [7, 11) is -2.69. The van der Waals surface area contributed by atoms with E-state index in [1.165, 1.54) is 31.4 Å². The van der Waals surface area contributed by atoms with Gasteiger partial charge in [0.25, 0.3) is 5.92 Å². The molecular formula is C14H15F2N3O4S. The normalized spacial score (nSPS) is 21.2. The quantitative estimate of drug-likeness (QED) is 0.812. The van der Waals surface area contributed by atoms with Crippen LogP contribution in [0.2, 0.25) is 0 Å². The molecule has 10 heteroatoms. The van der Waals surface area contributed by atoms with Crippen molar-refractivity contribution < 1.29 is 26.5 Å². The topological polar surface area (TPSA) is 85.5 Å². The fourth-order valence-corrected chi connectivity index (χ4v) is 4.20. The average molecular weight is 359 g/mol. The minimum absolute atomic E-state index is 0.0397. The number of hydrogen-bond acceptors (Lipinski definition) is 6. The first-order valence-corrected chi connectivity index (χ1v) is 8.54. The lowest BCUT2D eigenvalue weighted by molar-refractivity contribution is 0.0166. The van der Waals surface area contributed by atoms with Crippen molar-refractivity contribution in [2.24, 2.45) is 0 Å². The molecule has 1 fully saturated rings. The third-order valence-corrected chi connectivity index (χ3v) is 5.49. The molecule has 0 bridgehead atoms. The maximum Gasteiger partial charge on any atom is 0.263 e. The van der Waals surface area contributed by atoms with Gasteiger partial charge in [-0.05, 0) is 12.1 Å². The molecule has 1 aliphatic heterocycles. The molecular weight excluding hydrogens is 344 g/mol. The van der Waals surface area contributed by atoms with E-state index < -0.39 is 35.0 Å². The first-order valence-electron chi connectivity index (χ1n) is 7.10. The Labute approximate surface area is 137 Å². The maximum absolute atomic E-state index is 13.9. The Morgan fingerprint density at radius 1 is 1.38 bits per heavy atom. The highest BCUT2D eigenvalue weighted by atomic mass is 32.2. The minimum atomic E-state index is -4.12. The van der Waals surface area contributed by atoms with E-state index in [1.807, 2.05) is 0 Å². The van der Waals surface area contributed by atoms with Crippen LogP contribution in [0.5, 0.6) is 0 Å². The Bertz CT molecular complexity index is 810. The summed E-state index contributed by atoms with van der Waals surface area (Å²) in [6.07, 6.45) is -0.715. The van der Waals surface area contributed by atoms with Gasteiger partial charge in [-0.15, -0.1) is 0 Å². The molecule has 130 valence electrons. The van der Waals surface area contributed by atoms with Crippen LogP contribution in [0, 0.1) is 0 Å². The lowest BCUT2D eigenvalue weighted by Crippen LogP contribution is -2.33. The van der Waals surface area contributed by atoms with Gasteiger partial charge < -0.3 is 9.26 Å². The van der Waals surface area contributed by atoms with Crippen LogP contribution in [-0.2, 0) is 21.4 Å². The summed E-state index contributed by atoms with van der Waals surface area (Å²) in [5, 5.41) is 3.61. The number of aromatic nitrogens is 2. The van der Waals surface area contributed by atoms with Gasteiger partial charge in [-0.3, -0.25) is 0 Å². The zero-order chi connectivity index (χ0) is 17.4. The monoisotopic (exact) mass is 359 g/mol. The van der Waals surface area contributed by atoms with Crippen LogP contribution in [0.25, 0.3) is 0 Å². The second-order valence-corrected chi connectivity index (χ2v) is 7.31. The number of rotatable bonds is 5. The standard InChI is InChI=1S/C14H15F2N3O4S/c1-22-8-12-17-13(23-18-12)11-7-14(15,16)9-19(11)24(20,21)10-5-3-2-4-6-10/h2-6,11H,7-9H2,1H3/t11-/m0/s1. The highest BCUT2D eigenvalue weighted by molar-refractivity contribution is 7.89. The fraction of sp³-hybridized carbons (Fsp3) is 0.429. The molecule has 0 unspecified atom stereocenters. The number of hydrogen-bond donors (Lipinski definition) is 0. The van der Waals surface area contributed by atoms with Crippen LogP contribution in [-0.4, -0.2) is 42.4 Å². The molecule has 1 aromatic carbocycles. The molecule has 1 atom stereocenters. The van der Waals surface area contributed by atoms with Crippen molar-refractivity contribution in [3.63, 3.8) is 0 Å². The Kier molecular flexibility index (Phi) is 4.37. The summed E-state index contributed by atoms with van der Waals surface area (Å²) in [5.41, 5.74) is 0. The van der Waals surface area contributed by atoms with Gasteiger partial charge in [0.05, 0.1) is 11.4 Å². The minimum Gasteiger partial charge on any atom is -0.377 e. The third-order valence-electron chi connectivity index (χ3n) is 3.62. The van der Waals surface area contributed by atoms with Crippen LogP contribution in [0.1, 0.15) is 24.2 Å². The van der Waals surface area contributed by atoms with Gasteiger partial charge in [-0.2, -0.15) is 9.29 Å². The molecule has 2 heterocycles. The van der Waals surface area contributed by atoms with Gasteiger partial charge in [0, 0.05) is 13.5 Å². The van der Waals surface area contributed by atoms with Crippen molar-refractivity contribution in [1.82, 2.24) is 14.4 Å². The Morgan fingerprint density at radius 2 is 2.08 bits per heavy atom. The fourth-order valence-electron chi connectivity index (χ4n) is 2.57. The molecule has 1 saturated heterocycles. The zero-order valence-electron chi connectivity index (χ0n) is 12.7. The van der Waals surface area contributed by atoms with Gasteiger partial charge in [0.15, 0.2) is 5.82 Å². The Morgan fingerprint density at radius 3 is 2.75 bits per heavy atom. The number of methoxy groups -OCH3 is 1. The van der Waals surface area contributed by atoms with E-state index in [2.05, 4.69) is 10.1 Å². The molecule has 0 radical (unpaired) electrons. The lowest BCUT2D eigenvalue weighted by atomic mass is 10.2. The van der Waals surface area contributed by atoms with Crippen LogP contribution in [0.15, 0.2) is 39.8 Å².